The topological polar surface area (TPSA) is 12.9 Å². The highest BCUT2D eigenvalue weighted by molar-refractivity contribution is 6.35. The zero-order valence-corrected chi connectivity index (χ0v) is 6.47. The smallest absolute Gasteiger partial charge is 0.0971 e. The molecule has 0 spiro atoms. The summed E-state index contributed by atoms with van der Waals surface area (Å²) in [5, 5.41) is 2.71. The zero-order chi connectivity index (χ0) is 7.68. The van der Waals surface area contributed by atoms with Crippen molar-refractivity contribution in [2.75, 3.05) is 0 Å². The first-order valence-corrected chi connectivity index (χ1v) is 3.66. The molecule has 0 aliphatic rings. The maximum atomic E-state index is 5.91. The molecule has 2 heteroatoms. The van der Waals surface area contributed by atoms with Gasteiger partial charge in [-0.05, 0) is 12.1 Å². The van der Waals surface area contributed by atoms with Gasteiger partial charge in [0.2, 0.25) is 0 Å². The Hall–Kier alpha value is -1.08. The molecular formula is C9H5ClN. The minimum atomic E-state index is 0.751. The molecule has 0 amide bonds. The van der Waals surface area contributed by atoms with Crippen LogP contribution in [0.4, 0.5) is 0 Å². The van der Waals surface area contributed by atoms with Crippen molar-refractivity contribution < 1.29 is 0 Å². The summed E-state index contributed by atoms with van der Waals surface area (Å²) in [6.45, 7) is 0. The van der Waals surface area contributed by atoms with E-state index in [0.29, 0.717) is 0 Å². The van der Waals surface area contributed by atoms with Crippen LogP contribution in [0.5, 0.6) is 0 Å². The molecule has 0 saturated carbocycles. The lowest BCUT2D eigenvalue weighted by Gasteiger charge is -1.95. The van der Waals surface area contributed by atoms with Crippen LogP contribution >= 0.6 is 11.6 Å². The Bertz CT molecular complexity index is 379. The highest BCUT2D eigenvalue weighted by atomic mass is 35.5. The van der Waals surface area contributed by atoms with E-state index in [4.69, 9.17) is 11.6 Å². The van der Waals surface area contributed by atoms with Crippen LogP contribution in [0.15, 0.2) is 30.5 Å². The predicted octanol–water partition coefficient (Wildman–Crippen LogP) is 2.69. The van der Waals surface area contributed by atoms with Crippen LogP contribution in [0.3, 0.4) is 0 Å². The van der Waals surface area contributed by atoms with Gasteiger partial charge in [-0.2, -0.15) is 0 Å². The first-order chi connectivity index (χ1) is 5.38. The molecule has 2 rings (SSSR count). The maximum Gasteiger partial charge on any atom is 0.0971 e. The van der Waals surface area contributed by atoms with Gasteiger partial charge in [-0.15, -0.1) is 0 Å². The predicted molar refractivity (Wildman–Crippen MR) is 45.6 cm³/mol. The van der Waals surface area contributed by atoms with Crippen LogP contribution in [0.2, 0.25) is 5.02 Å². The Kier molecular flexibility index (Phi) is 1.51. The van der Waals surface area contributed by atoms with E-state index in [9.17, 15) is 0 Å². The second kappa shape index (κ2) is 2.51. The van der Waals surface area contributed by atoms with Crippen molar-refractivity contribution in [2.45, 2.75) is 0 Å². The second-order valence-corrected chi connectivity index (χ2v) is 2.66. The first-order valence-electron chi connectivity index (χ1n) is 3.29. The summed E-state index contributed by atoms with van der Waals surface area (Å²) in [6, 6.07) is 7.57. The third-order valence-corrected chi connectivity index (χ3v) is 1.88. The summed E-state index contributed by atoms with van der Waals surface area (Å²) >= 11 is 5.91. The fourth-order valence-electron chi connectivity index (χ4n) is 1.02. The van der Waals surface area contributed by atoms with Gasteiger partial charge in [-0.3, -0.25) is 4.98 Å². The molecule has 53 valence electrons. The van der Waals surface area contributed by atoms with Gasteiger partial charge in [0.15, 0.2) is 0 Å². The van der Waals surface area contributed by atoms with Crippen molar-refractivity contribution in [1.29, 1.82) is 0 Å². The summed E-state index contributed by atoms with van der Waals surface area (Å²) < 4.78 is 0. The number of rotatable bonds is 0. The molecule has 0 bridgehead atoms. The Morgan fingerprint density at radius 2 is 2.18 bits per heavy atom. The van der Waals surface area contributed by atoms with Gasteiger partial charge < -0.3 is 0 Å². The number of fused-ring (bicyclic) bond motifs is 1. The highest BCUT2D eigenvalue weighted by Crippen LogP contribution is 2.20. The van der Waals surface area contributed by atoms with E-state index in [-0.39, 0.29) is 0 Å². The van der Waals surface area contributed by atoms with Gasteiger partial charge in [-0.25, -0.2) is 0 Å². The van der Waals surface area contributed by atoms with E-state index >= 15 is 0 Å². The molecule has 1 aromatic heterocycles. The minimum Gasteiger partial charge on any atom is -0.254 e. The Balaban J connectivity index is 2.91. The number of aromatic nitrogens is 1. The number of nitrogens with zero attached hydrogens (tertiary/aromatic N) is 1. The molecule has 0 atom stereocenters. The number of pyridine rings is 1. The number of benzene rings is 1. The third-order valence-electron chi connectivity index (χ3n) is 1.55. The van der Waals surface area contributed by atoms with Crippen LogP contribution in [0.25, 0.3) is 10.8 Å². The lowest BCUT2D eigenvalue weighted by Crippen LogP contribution is -1.75. The molecule has 0 N–H and O–H groups in total. The summed E-state index contributed by atoms with van der Waals surface area (Å²) in [5.41, 5.74) is 0. The van der Waals surface area contributed by atoms with Crippen LogP contribution in [-0.2, 0) is 0 Å². The summed E-state index contributed by atoms with van der Waals surface area (Å²) in [4.78, 5) is 3.87. The standard InChI is InChI=1S/C9H5ClN/c10-9-3-1-2-7-6-11-5-4-8(7)9/h1-5H. The lowest BCUT2D eigenvalue weighted by molar-refractivity contribution is 1.35. The van der Waals surface area contributed by atoms with Crippen molar-refractivity contribution >= 4 is 22.4 Å². The first kappa shape index (κ1) is 6.62. The van der Waals surface area contributed by atoms with E-state index in [1.54, 1.807) is 6.20 Å². The number of halogens is 1. The molecule has 2 aromatic rings. The lowest BCUT2D eigenvalue weighted by atomic mass is 10.2. The summed E-state index contributed by atoms with van der Waals surface area (Å²) in [7, 11) is 0. The van der Waals surface area contributed by atoms with E-state index < -0.39 is 0 Å². The van der Waals surface area contributed by atoms with Crippen molar-refractivity contribution in [1.82, 2.24) is 4.98 Å². The number of hydrogen-bond donors (Lipinski definition) is 0. The van der Waals surface area contributed by atoms with Crippen LogP contribution in [-0.4, -0.2) is 4.98 Å². The molecule has 0 aliphatic heterocycles. The molecule has 1 aromatic carbocycles. The quantitative estimate of drug-likeness (QED) is 0.581. The largest absolute Gasteiger partial charge is 0.254 e. The van der Waals surface area contributed by atoms with Crippen molar-refractivity contribution in [3.8, 4) is 0 Å². The molecule has 0 saturated heterocycles. The van der Waals surface area contributed by atoms with Gasteiger partial charge in [0.1, 0.15) is 0 Å². The average Bonchev–Trinajstić information content (AvgIpc) is 2.06. The molecule has 0 fully saturated rings. The van der Waals surface area contributed by atoms with Crippen molar-refractivity contribution in [2.24, 2.45) is 0 Å². The fraction of sp³-hybridized carbons (Fsp3) is 0. The van der Waals surface area contributed by atoms with Gasteiger partial charge in [-0.1, -0.05) is 23.7 Å². The zero-order valence-electron chi connectivity index (χ0n) is 5.71. The minimum absolute atomic E-state index is 0.751. The van der Waals surface area contributed by atoms with E-state index in [0.717, 1.165) is 15.8 Å². The van der Waals surface area contributed by atoms with Gasteiger partial charge in [0, 0.05) is 22.0 Å². The Morgan fingerprint density at radius 3 is 3.00 bits per heavy atom. The second-order valence-electron chi connectivity index (χ2n) is 2.26. The van der Waals surface area contributed by atoms with Crippen molar-refractivity contribution in [3.05, 3.63) is 41.7 Å². The van der Waals surface area contributed by atoms with Crippen molar-refractivity contribution in [3.63, 3.8) is 0 Å². The Labute approximate surface area is 69.6 Å². The third kappa shape index (κ3) is 1.08. The van der Waals surface area contributed by atoms with E-state index in [1.807, 2.05) is 24.3 Å². The van der Waals surface area contributed by atoms with E-state index in [1.165, 1.54) is 0 Å². The average molecular weight is 163 g/mol. The SMILES string of the molecule is Clc1cccc2[c]nccc12. The molecule has 1 radical (unpaired) electrons. The van der Waals surface area contributed by atoms with Gasteiger partial charge >= 0.3 is 0 Å². The maximum absolute atomic E-state index is 5.91. The Morgan fingerprint density at radius 1 is 1.27 bits per heavy atom. The fourth-order valence-corrected chi connectivity index (χ4v) is 1.26. The molecule has 0 unspecified atom stereocenters. The van der Waals surface area contributed by atoms with Crippen LogP contribution in [0, 0.1) is 6.20 Å². The van der Waals surface area contributed by atoms with Crippen LogP contribution < -0.4 is 0 Å². The summed E-state index contributed by atoms with van der Waals surface area (Å²) in [5.74, 6) is 0. The highest BCUT2D eigenvalue weighted by Gasteiger charge is 1.95. The molecule has 1 nitrogen and oxygen atoms in total. The summed E-state index contributed by atoms with van der Waals surface area (Å²) in [6.07, 6.45) is 4.55. The normalized spacial score (nSPS) is 10.3. The van der Waals surface area contributed by atoms with E-state index in [2.05, 4.69) is 11.2 Å². The molecule has 0 aliphatic carbocycles. The molecule has 11 heavy (non-hydrogen) atoms. The molecular weight excluding hydrogens is 158 g/mol. The van der Waals surface area contributed by atoms with Crippen LogP contribution in [0.1, 0.15) is 0 Å². The molecule has 1 heterocycles. The number of hydrogen-bond acceptors (Lipinski definition) is 1. The van der Waals surface area contributed by atoms with Gasteiger partial charge in [0.25, 0.3) is 0 Å². The monoisotopic (exact) mass is 162 g/mol. The van der Waals surface area contributed by atoms with Gasteiger partial charge in [0.05, 0.1) is 6.20 Å².